The molecule has 0 fully saturated rings. The number of carboxylic acids is 1. The highest BCUT2D eigenvalue weighted by Gasteiger charge is 2.23. The van der Waals surface area contributed by atoms with Crippen LogP contribution >= 0.6 is 0 Å². The molecule has 0 bridgehead atoms. The smallest absolute Gasteiger partial charge is 0.326 e. The Balaban J connectivity index is 2.84. The molecule has 1 aromatic heterocycles. The summed E-state index contributed by atoms with van der Waals surface area (Å²) >= 11 is 0. The van der Waals surface area contributed by atoms with Crippen LogP contribution in [-0.4, -0.2) is 55.5 Å². The maximum Gasteiger partial charge on any atom is 0.326 e. The fourth-order valence-electron chi connectivity index (χ4n) is 1.56. The number of sulfone groups is 1. The number of carbonyl (C=O) groups excluding carboxylic acids is 1. The van der Waals surface area contributed by atoms with Gasteiger partial charge in [0.15, 0.2) is 0 Å². The summed E-state index contributed by atoms with van der Waals surface area (Å²) in [5, 5.41) is 11.3. The number of methoxy groups -OCH3 is 1. The summed E-state index contributed by atoms with van der Waals surface area (Å²) in [6, 6.07) is 0.0778. The van der Waals surface area contributed by atoms with E-state index in [0.29, 0.717) is 0 Å². The molecule has 2 N–H and O–H groups in total. The van der Waals surface area contributed by atoms with E-state index in [2.05, 4.69) is 10.3 Å². The molecule has 1 amide bonds. The Kier molecular flexibility index (Phi) is 5.65. The monoisotopic (exact) mass is 316 g/mol. The van der Waals surface area contributed by atoms with Gasteiger partial charge in [-0.15, -0.1) is 0 Å². The number of carbonyl (C=O) groups is 2. The SMILES string of the molecule is COc1cnccc1C(=O)NC(CCS(C)(=O)=O)C(=O)O. The minimum Gasteiger partial charge on any atom is -0.494 e. The molecule has 1 unspecified atom stereocenters. The number of aromatic nitrogens is 1. The van der Waals surface area contributed by atoms with Crippen LogP contribution in [0.25, 0.3) is 0 Å². The molecular formula is C12H16N2O6S. The molecular weight excluding hydrogens is 300 g/mol. The molecule has 0 saturated heterocycles. The van der Waals surface area contributed by atoms with Crippen LogP contribution in [0.1, 0.15) is 16.8 Å². The van der Waals surface area contributed by atoms with E-state index in [1.165, 1.54) is 25.6 Å². The van der Waals surface area contributed by atoms with Gasteiger partial charge in [-0.05, 0) is 12.5 Å². The van der Waals surface area contributed by atoms with Crippen molar-refractivity contribution in [2.75, 3.05) is 19.1 Å². The largest absolute Gasteiger partial charge is 0.494 e. The Hall–Kier alpha value is -2.16. The molecule has 116 valence electrons. The van der Waals surface area contributed by atoms with E-state index in [-0.39, 0.29) is 23.5 Å². The first-order chi connectivity index (χ1) is 9.74. The fourth-order valence-corrected chi connectivity index (χ4v) is 2.22. The van der Waals surface area contributed by atoms with E-state index in [9.17, 15) is 18.0 Å². The van der Waals surface area contributed by atoms with Gasteiger partial charge in [0.05, 0.1) is 24.6 Å². The van der Waals surface area contributed by atoms with Crippen LogP contribution in [0.2, 0.25) is 0 Å². The van der Waals surface area contributed by atoms with E-state index in [1.807, 2.05) is 0 Å². The van der Waals surface area contributed by atoms with E-state index in [0.717, 1.165) is 6.26 Å². The highest BCUT2D eigenvalue weighted by molar-refractivity contribution is 7.90. The van der Waals surface area contributed by atoms with Crippen molar-refractivity contribution in [2.24, 2.45) is 0 Å². The summed E-state index contributed by atoms with van der Waals surface area (Å²) in [6.07, 6.45) is 3.47. The van der Waals surface area contributed by atoms with Crippen LogP contribution < -0.4 is 10.1 Å². The van der Waals surface area contributed by atoms with Gasteiger partial charge >= 0.3 is 5.97 Å². The number of hydrogen-bond acceptors (Lipinski definition) is 6. The Morgan fingerprint density at radius 2 is 2.14 bits per heavy atom. The second-order valence-electron chi connectivity index (χ2n) is 4.36. The molecule has 1 rings (SSSR count). The van der Waals surface area contributed by atoms with Gasteiger partial charge in [-0.3, -0.25) is 9.78 Å². The third kappa shape index (κ3) is 5.38. The highest BCUT2D eigenvalue weighted by atomic mass is 32.2. The second-order valence-corrected chi connectivity index (χ2v) is 6.62. The first kappa shape index (κ1) is 16.9. The molecule has 8 nitrogen and oxygen atoms in total. The summed E-state index contributed by atoms with van der Waals surface area (Å²) in [6.45, 7) is 0. The number of nitrogens with zero attached hydrogens (tertiary/aromatic N) is 1. The molecule has 1 heterocycles. The van der Waals surface area contributed by atoms with Gasteiger partial charge in [0.25, 0.3) is 5.91 Å². The molecule has 1 atom stereocenters. The van der Waals surface area contributed by atoms with E-state index in [1.54, 1.807) is 0 Å². The van der Waals surface area contributed by atoms with Crippen LogP contribution in [-0.2, 0) is 14.6 Å². The predicted octanol–water partition coefficient (Wildman–Crippen LogP) is -0.292. The standard InChI is InChI=1S/C12H16N2O6S/c1-20-10-7-13-5-3-8(10)11(15)14-9(12(16)17)4-6-21(2,18)19/h3,5,7,9H,4,6H2,1-2H3,(H,14,15)(H,16,17). The van der Waals surface area contributed by atoms with Gasteiger partial charge in [-0.25, -0.2) is 13.2 Å². The maximum absolute atomic E-state index is 12.0. The first-order valence-electron chi connectivity index (χ1n) is 5.94. The van der Waals surface area contributed by atoms with Gasteiger partial charge in [0.1, 0.15) is 21.6 Å². The molecule has 0 radical (unpaired) electrons. The topological polar surface area (TPSA) is 123 Å². The zero-order valence-electron chi connectivity index (χ0n) is 11.6. The van der Waals surface area contributed by atoms with Crippen molar-refractivity contribution in [3.05, 3.63) is 24.0 Å². The zero-order valence-corrected chi connectivity index (χ0v) is 12.4. The van der Waals surface area contributed by atoms with Crippen LogP contribution in [0.3, 0.4) is 0 Å². The Morgan fingerprint density at radius 1 is 1.48 bits per heavy atom. The Bertz CT molecular complexity index is 628. The molecule has 0 aliphatic carbocycles. The third-order valence-electron chi connectivity index (χ3n) is 2.63. The minimum atomic E-state index is -3.32. The van der Waals surface area contributed by atoms with Gasteiger partial charge in [-0.2, -0.15) is 0 Å². The van der Waals surface area contributed by atoms with Crippen molar-refractivity contribution in [3.63, 3.8) is 0 Å². The number of pyridine rings is 1. The third-order valence-corrected chi connectivity index (χ3v) is 3.61. The highest BCUT2D eigenvalue weighted by Crippen LogP contribution is 2.15. The van der Waals surface area contributed by atoms with Gasteiger partial charge < -0.3 is 15.2 Å². The molecule has 0 spiro atoms. The molecule has 9 heteroatoms. The van der Waals surface area contributed by atoms with Crippen molar-refractivity contribution in [3.8, 4) is 5.75 Å². The summed E-state index contributed by atoms with van der Waals surface area (Å²) in [7, 11) is -1.96. The number of rotatable bonds is 7. The van der Waals surface area contributed by atoms with Crippen LogP contribution in [0, 0.1) is 0 Å². The molecule has 0 saturated carbocycles. The molecule has 0 aliphatic heterocycles. The molecule has 0 aromatic carbocycles. The van der Waals surface area contributed by atoms with E-state index in [4.69, 9.17) is 9.84 Å². The number of carboxylic acid groups (broad SMARTS) is 1. The van der Waals surface area contributed by atoms with Gasteiger partial charge in [0.2, 0.25) is 0 Å². The van der Waals surface area contributed by atoms with Crippen molar-refractivity contribution >= 4 is 21.7 Å². The number of aliphatic carboxylic acids is 1. The van der Waals surface area contributed by atoms with Crippen LogP contribution in [0.4, 0.5) is 0 Å². The minimum absolute atomic E-state index is 0.123. The van der Waals surface area contributed by atoms with Crippen molar-refractivity contribution in [1.82, 2.24) is 10.3 Å². The fraction of sp³-hybridized carbons (Fsp3) is 0.417. The summed E-state index contributed by atoms with van der Waals surface area (Å²) < 4.78 is 27.1. The van der Waals surface area contributed by atoms with Crippen molar-refractivity contribution < 1.29 is 27.9 Å². The maximum atomic E-state index is 12.0. The van der Waals surface area contributed by atoms with Crippen LogP contribution in [0.15, 0.2) is 18.5 Å². The quantitative estimate of drug-likeness (QED) is 0.708. The molecule has 1 aromatic rings. The summed E-state index contributed by atoms with van der Waals surface area (Å²) in [4.78, 5) is 26.9. The number of hydrogen-bond donors (Lipinski definition) is 2. The second kappa shape index (κ2) is 7.02. The normalized spacial score (nSPS) is 12.5. The van der Waals surface area contributed by atoms with Gasteiger partial charge in [0, 0.05) is 12.5 Å². The Morgan fingerprint density at radius 3 is 2.67 bits per heavy atom. The van der Waals surface area contributed by atoms with Crippen molar-refractivity contribution in [2.45, 2.75) is 12.5 Å². The summed E-state index contributed by atoms with van der Waals surface area (Å²) in [5.74, 6) is -2.12. The Labute approximate surface area is 122 Å². The van der Waals surface area contributed by atoms with Crippen molar-refractivity contribution in [1.29, 1.82) is 0 Å². The van der Waals surface area contributed by atoms with E-state index < -0.39 is 27.8 Å². The average molecular weight is 316 g/mol. The zero-order chi connectivity index (χ0) is 16.0. The van der Waals surface area contributed by atoms with Gasteiger partial charge in [-0.1, -0.05) is 0 Å². The first-order valence-corrected chi connectivity index (χ1v) is 8.00. The van der Waals surface area contributed by atoms with E-state index >= 15 is 0 Å². The lowest BCUT2D eigenvalue weighted by molar-refractivity contribution is -0.139. The number of nitrogens with one attached hydrogen (secondary N) is 1. The number of amides is 1. The average Bonchev–Trinajstić information content (AvgIpc) is 2.41. The lowest BCUT2D eigenvalue weighted by Crippen LogP contribution is -2.42. The predicted molar refractivity (Wildman–Crippen MR) is 74.0 cm³/mol. The lowest BCUT2D eigenvalue weighted by Gasteiger charge is -2.15. The lowest BCUT2D eigenvalue weighted by atomic mass is 10.2. The van der Waals surface area contributed by atoms with Crippen LogP contribution in [0.5, 0.6) is 5.75 Å². The number of ether oxygens (including phenoxy) is 1. The molecule has 21 heavy (non-hydrogen) atoms. The molecule has 0 aliphatic rings. The summed E-state index contributed by atoms with van der Waals surface area (Å²) in [5.41, 5.74) is 0.123.